The van der Waals surface area contributed by atoms with Crippen molar-refractivity contribution < 1.29 is 27.8 Å². The molecule has 3 heterocycles. The number of aliphatic carboxylic acids is 1. The van der Waals surface area contributed by atoms with Gasteiger partial charge in [0.25, 0.3) is 0 Å². The van der Waals surface area contributed by atoms with Gasteiger partial charge >= 0.3 is 17.7 Å². The molecule has 39 heavy (non-hydrogen) atoms. The highest BCUT2D eigenvalue weighted by molar-refractivity contribution is 5.73. The van der Waals surface area contributed by atoms with Crippen molar-refractivity contribution in [1.29, 1.82) is 0 Å². The fourth-order valence-electron chi connectivity index (χ4n) is 4.31. The van der Waals surface area contributed by atoms with Gasteiger partial charge in [0.15, 0.2) is 0 Å². The minimum absolute atomic E-state index is 0.270. The molecule has 0 saturated carbocycles. The Morgan fingerprint density at radius 3 is 2.46 bits per heavy atom. The smallest absolute Gasteiger partial charge is 0.475 e. The number of pyridine rings is 1. The van der Waals surface area contributed by atoms with Crippen LogP contribution in [-0.2, 0) is 18.4 Å². The quantitative estimate of drug-likeness (QED) is 0.472. The first-order chi connectivity index (χ1) is 18.4. The Labute approximate surface area is 224 Å². The molecule has 1 atom stereocenters. The molecule has 0 radical (unpaired) electrons. The SMILES string of the molecule is Cc1ccc(Oc2c(-c3ccccc3CN3CCCC3CN(C)C)cnn(C)c2=O)cn1.O=C(O)C(F)(F)F. The minimum atomic E-state index is -5.08. The largest absolute Gasteiger partial charge is 0.490 e. The molecule has 0 spiro atoms. The third-order valence-corrected chi connectivity index (χ3v) is 6.20. The molecule has 0 bridgehead atoms. The number of nitrogens with zero attached hydrogens (tertiary/aromatic N) is 5. The van der Waals surface area contributed by atoms with Gasteiger partial charge in [0, 0.05) is 31.9 Å². The average Bonchev–Trinajstić information content (AvgIpc) is 3.29. The second-order valence-corrected chi connectivity index (χ2v) is 9.54. The summed E-state index contributed by atoms with van der Waals surface area (Å²) in [6, 6.07) is 12.5. The van der Waals surface area contributed by atoms with Crippen LogP contribution in [0.3, 0.4) is 0 Å². The molecule has 1 saturated heterocycles. The number of ether oxygens (including phenoxy) is 1. The Hall–Kier alpha value is -3.77. The third-order valence-electron chi connectivity index (χ3n) is 6.20. The Morgan fingerprint density at radius 2 is 1.85 bits per heavy atom. The number of rotatable bonds is 7. The monoisotopic (exact) mass is 547 g/mol. The van der Waals surface area contributed by atoms with E-state index in [-0.39, 0.29) is 11.3 Å². The molecule has 9 nitrogen and oxygen atoms in total. The standard InChI is InChI=1S/C25H31N5O2.C2HF3O2/c1-18-11-12-21(14-26-18)32-24-23(15-27-29(4)25(24)31)22-10-6-5-8-19(22)16-30-13-7-9-20(30)17-28(2)3;3-2(4,5)1(6)7/h5-6,8,10-12,14-15,20H,7,9,13,16-17H2,1-4H3;(H,6,7). The number of halogens is 3. The Balaban J connectivity index is 0.000000532. The van der Waals surface area contributed by atoms with Crippen LogP contribution in [0, 0.1) is 6.92 Å². The highest BCUT2D eigenvalue weighted by atomic mass is 19.4. The van der Waals surface area contributed by atoms with E-state index in [4.69, 9.17) is 14.6 Å². The first-order valence-corrected chi connectivity index (χ1v) is 12.3. The maximum atomic E-state index is 13.0. The van der Waals surface area contributed by atoms with Crippen molar-refractivity contribution in [2.75, 3.05) is 27.2 Å². The number of carboxylic acids is 1. The number of alkyl halides is 3. The molecule has 3 aromatic rings. The summed E-state index contributed by atoms with van der Waals surface area (Å²) >= 11 is 0. The molecule has 12 heteroatoms. The summed E-state index contributed by atoms with van der Waals surface area (Å²) < 4.78 is 39.1. The summed E-state index contributed by atoms with van der Waals surface area (Å²) in [5.74, 6) is -1.96. The first-order valence-electron chi connectivity index (χ1n) is 12.3. The number of hydrogen-bond acceptors (Lipinski definition) is 7. The number of likely N-dealkylation sites (N-methyl/N-ethyl adjacent to an activating group) is 1. The molecule has 1 aliphatic heterocycles. The maximum absolute atomic E-state index is 13.0. The van der Waals surface area contributed by atoms with Gasteiger partial charge in [0.05, 0.1) is 18.0 Å². The molecule has 1 N–H and O–H groups in total. The van der Waals surface area contributed by atoms with E-state index in [0.717, 1.165) is 30.9 Å². The molecule has 1 unspecified atom stereocenters. The van der Waals surface area contributed by atoms with Crippen molar-refractivity contribution in [1.82, 2.24) is 24.6 Å². The van der Waals surface area contributed by atoms with E-state index in [1.807, 2.05) is 31.2 Å². The zero-order chi connectivity index (χ0) is 28.7. The van der Waals surface area contributed by atoms with E-state index in [9.17, 15) is 18.0 Å². The molecule has 4 rings (SSSR count). The van der Waals surface area contributed by atoms with Gasteiger partial charge < -0.3 is 14.7 Å². The third kappa shape index (κ3) is 8.11. The van der Waals surface area contributed by atoms with Gasteiger partial charge in [0.1, 0.15) is 5.75 Å². The summed E-state index contributed by atoms with van der Waals surface area (Å²) in [5, 5.41) is 11.4. The van der Waals surface area contributed by atoms with Gasteiger partial charge in [-0.15, -0.1) is 0 Å². The zero-order valence-corrected chi connectivity index (χ0v) is 22.3. The van der Waals surface area contributed by atoms with Crippen LogP contribution in [0.5, 0.6) is 11.5 Å². The summed E-state index contributed by atoms with van der Waals surface area (Å²) in [4.78, 5) is 31.0. The average molecular weight is 548 g/mol. The minimum Gasteiger partial charge on any atom is -0.475 e. The fraction of sp³-hybridized carbons (Fsp3) is 0.407. The summed E-state index contributed by atoms with van der Waals surface area (Å²) in [6.07, 6.45) is 0.699. The number of benzene rings is 1. The lowest BCUT2D eigenvalue weighted by molar-refractivity contribution is -0.192. The molecule has 0 aliphatic carbocycles. The van der Waals surface area contributed by atoms with Crippen LogP contribution in [0.2, 0.25) is 0 Å². The maximum Gasteiger partial charge on any atom is 0.490 e. The van der Waals surface area contributed by atoms with Crippen LogP contribution in [0.25, 0.3) is 11.1 Å². The molecule has 1 fully saturated rings. The highest BCUT2D eigenvalue weighted by Gasteiger charge is 2.38. The van der Waals surface area contributed by atoms with Gasteiger partial charge in [0.2, 0.25) is 5.75 Å². The number of carbonyl (C=O) groups is 1. The number of likely N-dealkylation sites (tertiary alicyclic amines) is 1. The lowest BCUT2D eigenvalue weighted by Crippen LogP contribution is -2.37. The Bertz CT molecular complexity index is 1330. The Kier molecular flexibility index (Phi) is 9.81. The van der Waals surface area contributed by atoms with Crippen LogP contribution in [0.1, 0.15) is 24.1 Å². The zero-order valence-electron chi connectivity index (χ0n) is 22.3. The normalized spacial score (nSPS) is 15.6. The number of aryl methyl sites for hydroxylation is 2. The van der Waals surface area contributed by atoms with Crippen LogP contribution >= 0.6 is 0 Å². The van der Waals surface area contributed by atoms with Crippen molar-refractivity contribution in [2.24, 2.45) is 7.05 Å². The second-order valence-electron chi connectivity index (χ2n) is 9.54. The van der Waals surface area contributed by atoms with E-state index < -0.39 is 12.1 Å². The number of hydrogen-bond donors (Lipinski definition) is 1. The number of aromatic nitrogens is 3. The van der Waals surface area contributed by atoms with E-state index in [1.54, 1.807) is 19.4 Å². The number of carboxylic acid groups (broad SMARTS) is 1. The highest BCUT2D eigenvalue weighted by Crippen LogP contribution is 2.33. The van der Waals surface area contributed by atoms with Gasteiger partial charge in [-0.2, -0.15) is 18.3 Å². The predicted octanol–water partition coefficient (Wildman–Crippen LogP) is 4.10. The van der Waals surface area contributed by atoms with Crippen molar-refractivity contribution in [2.45, 2.75) is 38.5 Å². The lowest BCUT2D eigenvalue weighted by atomic mass is 10.00. The van der Waals surface area contributed by atoms with Gasteiger partial charge in [-0.3, -0.25) is 14.7 Å². The van der Waals surface area contributed by atoms with Gasteiger partial charge in [-0.1, -0.05) is 24.3 Å². The van der Waals surface area contributed by atoms with Crippen molar-refractivity contribution >= 4 is 5.97 Å². The van der Waals surface area contributed by atoms with Crippen LogP contribution in [0.15, 0.2) is 53.6 Å². The summed E-state index contributed by atoms with van der Waals surface area (Å²) in [7, 11) is 5.88. The Morgan fingerprint density at radius 1 is 1.15 bits per heavy atom. The molecule has 1 aliphatic rings. The fourth-order valence-corrected chi connectivity index (χ4v) is 4.31. The molecular formula is C27H32F3N5O4. The van der Waals surface area contributed by atoms with E-state index >= 15 is 0 Å². The first kappa shape index (κ1) is 29.8. The van der Waals surface area contributed by atoms with E-state index in [2.05, 4.69) is 46.1 Å². The molecular weight excluding hydrogens is 515 g/mol. The van der Waals surface area contributed by atoms with Crippen LogP contribution in [-0.4, -0.2) is 75.0 Å². The van der Waals surface area contributed by atoms with Gasteiger partial charge in [-0.05, 0) is 63.7 Å². The molecule has 1 aromatic carbocycles. The second kappa shape index (κ2) is 12.9. The topological polar surface area (TPSA) is 101 Å². The summed E-state index contributed by atoms with van der Waals surface area (Å²) in [5.41, 5.74) is 3.46. The van der Waals surface area contributed by atoms with Crippen LogP contribution in [0.4, 0.5) is 13.2 Å². The molecule has 210 valence electrons. The van der Waals surface area contributed by atoms with Crippen molar-refractivity contribution in [3.8, 4) is 22.6 Å². The molecule has 2 aromatic heterocycles. The lowest BCUT2D eigenvalue weighted by Gasteiger charge is -2.28. The predicted molar refractivity (Wildman–Crippen MR) is 140 cm³/mol. The van der Waals surface area contributed by atoms with Crippen LogP contribution < -0.4 is 10.3 Å². The summed E-state index contributed by atoms with van der Waals surface area (Å²) in [6.45, 7) is 4.87. The molecule has 0 amide bonds. The van der Waals surface area contributed by atoms with Crippen molar-refractivity contribution in [3.63, 3.8) is 0 Å². The van der Waals surface area contributed by atoms with Crippen molar-refractivity contribution in [3.05, 3.63) is 70.4 Å². The van der Waals surface area contributed by atoms with E-state index in [0.29, 0.717) is 17.4 Å². The van der Waals surface area contributed by atoms with Gasteiger partial charge in [-0.25, -0.2) is 9.48 Å². The van der Waals surface area contributed by atoms with E-state index in [1.165, 1.54) is 23.1 Å².